The minimum Gasteiger partial charge on any atom is -0.388 e. The summed E-state index contributed by atoms with van der Waals surface area (Å²) in [6, 6.07) is 0. The smallest absolute Gasteiger partial charge is 0.325 e. The number of nitrogens with zero attached hydrogens (tertiary/aromatic N) is 4. The summed E-state index contributed by atoms with van der Waals surface area (Å²) in [5, 5.41) is 20.2. The zero-order valence-corrected chi connectivity index (χ0v) is 13.4. The van der Waals surface area contributed by atoms with Crippen molar-refractivity contribution in [2.45, 2.75) is 31.0 Å². The maximum atomic E-state index is 10.9. The number of aliphatic hydroxyl groups excluding tert-OH is 2. The Balaban J connectivity index is 0.00000208. The number of nitrogens with two attached hydrogens (primary N) is 1. The minimum atomic E-state index is -4.22. The van der Waals surface area contributed by atoms with Crippen LogP contribution in [-0.4, -0.2) is 64.0 Å². The van der Waals surface area contributed by atoms with Gasteiger partial charge in [0.05, 0.1) is 18.6 Å². The second-order valence-corrected chi connectivity index (χ2v) is 7.08. The van der Waals surface area contributed by atoms with Crippen LogP contribution in [-0.2, 0) is 9.30 Å². The number of fused-ring (bicyclic) bond motifs is 1. The lowest BCUT2D eigenvalue weighted by molar-refractivity contribution is -0.0355. The molecule has 0 amide bonds. The Morgan fingerprint density at radius 1 is 1.25 bits per heavy atom. The molecule has 24 heavy (non-hydrogen) atoms. The van der Waals surface area contributed by atoms with E-state index in [2.05, 4.69) is 15.0 Å². The summed E-state index contributed by atoms with van der Waals surface area (Å²) in [5.74, 6) is 0.167. The fraction of sp³-hybridized carbons (Fsp3) is 0.545. The Hall–Kier alpha value is -1.66. The van der Waals surface area contributed by atoms with Crippen LogP contribution in [0.5, 0.6) is 0 Å². The first-order valence-corrected chi connectivity index (χ1v) is 8.57. The molecule has 0 spiro atoms. The van der Waals surface area contributed by atoms with Crippen molar-refractivity contribution in [3.8, 4) is 0 Å². The maximum absolute atomic E-state index is 10.9. The summed E-state index contributed by atoms with van der Waals surface area (Å²) in [5.41, 5.74) is 6.34. The van der Waals surface area contributed by atoms with E-state index in [0.717, 1.165) is 0 Å². The molecule has 0 aromatic carbocycles. The van der Waals surface area contributed by atoms with Gasteiger partial charge in [0, 0.05) is 0 Å². The van der Waals surface area contributed by atoms with Gasteiger partial charge in [0.25, 0.3) is 0 Å². The van der Waals surface area contributed by atoms with E-state index in [-0.39, 0.29) is 18.4 Å². The molecule has 2 aromatic rings. The van der Waals surface area contributed by atoms with Gasteiger partial charge < -0.3 is 36.6 Å². The lowest BCUT2D eigenvalue weighted by atomic mass is 10.1. The third-order valence-electron chi connectivity index (χ3n) is 3.70. The summed E-state index contributed by atoms with van der Waals surface area (Å²) >= 11 is 0. The fourth-order valence-corrected chi connectivity index (χ4v) is 3.14. The van der Waals surface area contributed by atoms with Crippen LogP contribution >= 0.6 is 7.60 Å². The Labute approximate surface area is 136 Å². The molecular formula is C11H19N6O6P. The largest absolute Gasteiger partial charge is 0.388 e. The first-order chi connectivity index (χ1) is 10.8. The highest BCUT2D eigenvalue weighted by Crippen LogP contribution is 2.39. The van der Waals surface area contributed by atoms with Gasteiger partial charge in [-0.1, -0.05) is 0 Å². The number of imidazole rings is 1. The predicted octanol–water partition coefficient (Wildman–Crippen LogP) is -1.24. The van der Waals surface area contributed by atoms with Gasteiger partial charge in [-0.05, 0) is 6.42 Å². The number of anilines is 1. The topological polar surface area (TPSA) is 212 Å². The standard InChI is InChI=1S/C11H16N5O6P.H3N/c12-9-6-10(14-3-13-9)16(4-15-6)11-8(18)7(17)5(22-11)1-2-23(19,20)21;/h3-5,7-8,11,17-18H,1-2H2,(H2,12,13,14)(H2,19,20,21);1H3. The Kier molecular flexibility index (Phi) is 5.20. The summed E-state index contributed by atoms with van der Waals surface area (Å²) in [6.45, 7) is 0. The highest BCUT2D eigenvalue weighted by Gasteiger charge is 2.44. The SMILES string of the molecule is N.Nc1ncnc2c1ncn2C1OC(CCP(=O)(O)O)C(O)C1O. The number of hydrogen-bond donors (Lipinski definition) is 6. The second kappa shape index (κ2) is 6.69. The van der Waals surface area contributed by atoms with Crippen molar-refractivity contribution in [2.75, 3.05) is 11.9 Å². The van der Waals surface area contributed by atoms with Crippen molar-refractivity contribution in [3.05, 3.63) is 12.7 Å². The van der Waals surface area contributed by atoms with E-state index < -0.39 is 38.3 Å². The third kappa shape index (κ3) is 3.39. The highest BCUT2D eigenvalue weighted by molar-refractivity contribution is 7.51. The zero-order valence-electron chi connectivity index (χ0n) is 12.5. The van der Waals surface area contributed by atoms with E-state index in [1.165, 1.54) is 17.2 Å². The average molecular weight is 362 g/mol. The van der Waals surface area contributed by atoms with Crippen molar-refractivity contribution >= 4 is 24.6 Å². The van der Waals surface area contributed by atoms with Crippen molar-refractivity contribution in [1.29, 1.82) is 0 Å². The van der Waals surface area contributed by atoms with E-state index in [4.69, 9.17) is 20.3 Å². The molecule has 13 heteroatoms. The number of rotatable bonds is 4. The molecule has 3 heterocycles. The maximum Gasteiger partial charge on any atom is 0.325 e. The molecular weight excluding hydrogens is 343 g/mol. The molecule has 0 aliphatic carbocycles. The molecule has 9 N–H and O–H groups in total. The summed E-state index contributed by atoms with van der Waals surface area (Å²) < 4.78 is 17.9. The molecule has 1 aliphatic heterocycles. The Morgan fingerprint density at radius 2 is 1.96 bits per heavy atom. The monoisotopic (exact) mass is 362 g/mol. The second-order valence-electron chi connectivity index (χ2n) is 5.31. The third-order valence-corrected chi connectivity index (χ3v) is 4.54. The lowest BCUT2D eigenvalue weighted by Gasteiger charge is -2.16. The summed E-state index contributed by atoms with van der Waals surface area (Å²) in [7, 11) is -4.22. The van der Waals surface area contributed by atoms with E-state index in [0.29, 0.717) is 11.2 Å². The fourth-order valence-electron chi connectivity index (χ4n) is 2.55. The average Bonchev–Trinajstić information content (AvgIpc) is 3.01. The number of aliphatic hydroxyl groups is 2. The van der Waals surface area contributed by atoms with Gasteiger partial charge in [0.1, 0.15) is 24.1 Å². The van der Waals surface area contributed by atoms with Crippen molar-refractivity contribution in [3.63, 3.8) is 0 Å². The molecule has 0 radical (unpaired) electrons. The number of aromatic nitrogens is 4. The van der Waals surface area contributed by atoms with Crippen LogP contribution in [0.15, 0.2) is 12.7 Å². The van der Waals surface area contributed by atoms with Crippen LogP contribution in [0.3, 0.4) is 0 Å². The number of ether oxygens (including phenoxy) is 1. The first kappa shape index (κ1) is 18.7. The molecule has 2 aromatic heterocycles. The highest BCUT2D eigenvalue weighted by atomic mass is 31.2. The molecule has 134 valence electrons. The van der Waals surface area contributed by atoms with E-state index in [1.807, 2.05) is 0 Å². The van der Waals surface area contributed by atoms with Crippen molar-refractivity contribution in [2.24, 2.45) is 0 Å². The minimum absolute atomic E-state index is 0. The van der Waals surface area contributed by atoms with Gasteiger partial charge in [-0.3, -0.25) is 9.13 Å². The van der Waals surface area contributed by atoms with Gasteiger partial charge in [0.15, 0.2) is 17.7 Å². The Morgan fingerprint density at radius 3 is 2.62 bits per heavy atom. The molecule has 4 atom stereocenters. The summed E-state index contributed by atoms with van der Waals surface area (Å²) in [6.07, 6.45) is -2.46. The van der Waals surface area contributed by atoms with Crippen LogP contribution in [0.1, 0.15) is 12.6 Å². The number of hydrogen-bond acceptors (Lipinski definition) is 9. The van der Waals surface area contributed by atoms with Crippen LogP contribution in [0, 0.1) is 0 Å². The molecule has 3 rings (SSSR count). The van der Waals surface area contributed by atoms with Gasteiger partial charge >= 0.3 is 7.60 Å². The number of nitrogen functional groups attached to an aromatic ring is 1. The molecule has 0 bridgehead atoms. The van der Waals surface area contributed by atoms with Crippen LogP contribution in [0.4, 0.5) is 5.82 Å². The van der Waals surface area contributed by atoms with Gasteiger partial charge in [-0.25, -0.2) is 15.0 Å². The van der Waals surface area contributed by atoms with E-state index in [1.54, 1.807) is 0 Å². The normalized spacial score (nSPS) is 27.3. The van der Waals surface area contributed by atoms with Crippen LogP contribution in [0.2, 0.25) is 0 Å². The Bertz CT molecular complexity index is 765. The van der Waals surface area contributed by atoms with E-state index >= 15 is 0 Å². The lowest BCUT2D eigenvalue weighted by Crippen LogP contribution is -2.31. The summed E-state index contributed by atoms with van der Waals surface area (Å²) in [4.78, 5) is 29.7. The first-order valence-electron chi connectivity index (χ1n) is 6.77. The van der Waals surface area contributed by atoms with Gasteiger partial charge in [-0.2, -0.15) is 0 Å². The molecule has 4 unspecified atom stereocenters. The van der Waals surface area contributed by atoms with E-state index in [9.17, 15) is 14.8 Å². The predicted molar refractivity (Wildman–Crippen MR) is 82.2 cm³/mol. The van der Waals surface area contributed by atoms with Crippen molar-refractivity contribution in [1.82, 2.24) is 25.7 Å². The van der Waals surface area contributed by atoms with Crippen LogP contribution in [0.25, 0.3) is 11.2 Å². The van der Waals surface area contributed by atoms with Gasteiger partial charge in [0.2, 0.25) is 0 Å². The molecule has 1 aliphatic rings. The molecule has 0 saturated carbocycles. The zero-order chi connectivity index (χ0) is 16.8. The molecule has 12 nitrogen and oxygen atoms in total. The molecule has 1 fully saturated rings. The van der Waals surface area contributed by atoms with Crippen molar-refractivity contribution < 1.29 is 29.3 Å². The van der Waals surface area contributed by atoms with Gasteiger partial charge in [-0.15, -0.1) is 0 Å². The quantitative estimate of drug-likeness (QED) is 0.354. The van der Waals surface area contributed by atoms with Crippen LogP contribution < -0.4 is 11.9 Å². The molecule has 1 saturated heterocycles.